The quantitative estimate of drug-likeness (QED) is 0.582. The van der Waals surface area contributed by atoms with E-state index in [1.807, 2.05) is 19.1 Å². The molecular weight excluding hydrogens is 212 g/mol. The summed E-state index contributed by atoms with van der Waals surface area (Å²) in [6, 6.07) is 8.17. The molecule has 92 valence electrons. The first-order chi connectivity index (χ1) is 8.04. The van der Waals surface area contributed by atoms with Crippen LogP contribution in [0, 0.1) is 0 Å². The molecule has 0 aliphatic carbocycles. The zero-order valence-corrected chi connectivity index (χ0v) is 11.0. The summed E-state index contributed by atoms with van der Waals surface area (Å²) >= 11 is 0. The molecule has 0 saturated carbocycles. The molecule has 2 nitrogen and oxygen atoms in total. The van der Waals surface area contributed by atoms with Gasteiger partial charge >= 0.3 is 5.97 Å². The van der Waals surface area contributed by atoms with Gasteiger partial charge in [0.05, 0.1) is 0 Å². The molecule has 0 aliphatic rings. The maximum Gasteiger partial charge on any atom is 0.333 e. The number of ether oxygens (including phenoxy) is 1. The minimum Gasteiger partial charge on any atom is -0.457 e. The fourth-order valence-corrected chi connectivity index (χ4v) is 1.38. The zero-order valence-electron chi connectivity index (χ0n) is 11.0. The Labute approximate surface area is 103 Å². The standard InChI is InChI=1S/C15H20O2/c1-5-12(4)15(16)17-10-13-6-8-14(9-7-13)11(2)3/h5-9,11H,10H2,1-4H3/b12-5+. The van der Waals surface area contributed by atoms with Crippen molar-refractivity contribution >= 4 is 5.97 Å². The van der Waals surface area contributed by atoms with Gasteiger partial charge in [0.25, 0.3) is 0 Å². The number of carbonyl (C=O) groups is 1. The molecule has 0 amide bonds. The lowest BCUT2D eigenvalue weighted by Crippen LogP contribution is -2.05. The van der Waals surface area contributed by atoms with Crippen LogP contribution in [0.2, 0.25) is 0 Å². The molecule has 0 saturated heterocycles. The number of allylic oxidation sites excluding steroid dienone is 1. The topological polar surface area (TPSA) is 26.3 Å². The van der Waals surface area contributed by atoms with Crippen LogP contribution < -0.4 is 0 Å². The second-order valence-electron chi connectivity index (χ2n) is 4.44. The molecule has 17 heavy (non-hydrogen) atoms. The molecule has 0 heterocycles. The van der Waals surface area contributed by atoms with Crippen molar-refractivity contribution in [2.45, 2.75) is 40.2 Å². The first kappa shape index (κ1) is 13.5. The number of hydrogen-bond acceptors (Lipinski definition) is 2. The van der Waals surface area contributed by atoms with Crippen LogP contribution in [0.15, 0.2) is 35.9 Å². The highest BCUT2D eigenvalue weighted by Crippen LogP contribution is 2.15. The Hall–Kier alpha value is -1.57. The summed E-state index contributed by atoms with van der Waals surface area (Å²) in [5.74, 6) is 0.275. The van der Waals surface area contributed by atoms with Crippen molar-refractivity contribution in [2.75, 3.05) is 0 Å². The van der Waals surface area contributed by atoms with Crippen LogP contribution in [-0.2, 0) is 16.1 Å². The molecule has 0 bridgehead atoms. The van der Waals surface area contributed by atoms with Gasteiger partial charge in [-0.25, -0.2) is 4.79 Å². The van der Waals surface area contributed by atoms with Gasteiger partial charge in [-0.15, -0.1) is 0 Å². The number of carbonyl (C=O) groups excluding carboxylic acids is 1. The summed E-state index contributed by atoms with van der Waals surface area (Å²) in [5, 5.41) is 0. The van der Waals surface area contributed by atoms with E-state index in [1.54, 1.807) is 13.0 Å². The molecule has 2 heteroatoms. The fraction of sp³-hybridized carbons (Fsp3) is 0.400. The van der Waals surface area contributed by atoms with E-state index >= 15 is 0 Å². The molecule has 0 fully saturated rings. The average molecular weight is 232 g/mol. The molecule has 0 spiro atoms. The van der Waals surface area contributed by atoms with E-state index in [-0.39, 0.29) is 5.97 Å². The molecule has 0 N–H and O–H groups in total. The van der Waals surface area contributed by atoms with E-state index < -0.39 is 0 Å². The molecule has 0 aliphatic heterocycles. The highest BCUT2D eigenvalue weighted by Gasteiger charge is 2.05. The van der Waals surface area contributed by atoms with Gasteiger partial charge in [0, 0.05) is 5.57 Å². The highest BCUT2D eigenvalue weighted by molar-refractivity contribution is 5.87. The van der Waals surface area contributed by atoms with Crippen LogP contribution >= 0.6 is 0 Å². The predicted octanol–water partition coefficient (Wildman–Crippen LogP) is 3.82. The summed E-state index contributed by atoms with van der Waals surface area (Å²) < 4.78 is 5.17. The first-order valence-electron chi connectivity index (χ1n) is 5.93. The maximum atomic E-state index is 11.4. The van der Waals surface area contributed by atoms with Gasteiger partial charge in [0.2, 0.25) is 0 Å². The van der Waals surface area contributed by atoms with Gasteiger partial charge in [-0.1, -0.05) is 44.2 Å². The van der Waals surface area contributed by atoms with Gasteiger partial charge in [0.1, 0.15) is 6.61 Å². The Balaban J connectivity index is 2.56. The van der Waals surface area contributed by atoms with E-state index in [4.69, 9.17) is 4.74 Å². The van der Waals surface area contributed by atoms with Crippen LogP contribution in [-0.4, -0.2) is 5.97 Å². The van der Waals surface area contributed by atoms with Gasteiger partial charge in [-0.2, -0.15) is 0 Å². The monoisotopic (exact) mass is 232 g/mol. The van der Waals surface area contributed by atoms with Crippen molar-refractivity contribution in [3.63, 3.8) is 0 Å². The van der Waals surface area contributed by atoms with Gasteiger partial charge < -0.3 is 4.74 Å². The van der Waals surface area contributed by atoms with Crippen LogP contribution in [0.5, 0.6) is 0 Å². The van der Waals surface area contributed by atoms with Crippen molar-refractivity contribution in [1.82, 2.24) is 0 Å². The van der Waals surface area contributed by atoms with Crippen molar-refractivity contribution in [2.24, 2.45) is 0 Å². The van der Waals surface area contributed by atoms with E-state index in [0.29, 0.717) is 18.1 Å². The predicted molar refractivity (Wildman–Crippen MR) is 69.8 cm³/mol. The van der Waals surface area contributed by atoms with Crippen molar-refractivity contribution in [3.05, 3.63) is 47.0 Å². The second kappa shape index (κ2) is 6.24. The Morgan fingerprint density at radius 2 is 1.88 bits per heavy atom. The SMILES string of the molecule is C/C=C(\C)C(=O)OCc1ccc(C(C)C)cc1. The first-order valence-corrected chi connectivity index (χ1v) is 5.93. The minimum atomic E-state index is -0.250. The maximum absolute atomic E-state index is 11.4. The molecule has 1 rings (SSSR count). The molecule has 0 aromatic heterocycles. The lowest BCUT2D eigenvalue weighted by atomic mass is 10.0. The summed E-state index contributed by atoms with van der Waals surface area (Å²) in [4.78, 5) is 11.4. The Morgan fingerprint density at radius 1 is 1.29 bits per heavy atom. The molecule has 0 atom stereocenters. The van der Waals surface area contributed by atoms with Crippen molar-refractivity contribution in [1.29, 1.82) is 0 Å². The number of hydrogen-bond donors (Lipinski definition) is 0. The molecular formula is C15H20O2. The third-order valence-corrected chi connectivity index (χ3v) is 2.77. The largest absolute Gasteiger partial charge is 0.457 e. The van der Waals surface area contributed by atoms with Gasteiger partial charge in [0.15, 0.2) is 0 Å². The zero-order chi connectivity index (χ0) is 12.8. The average Bonchev–Trinajstić information content (AvgIpc) is 2.35. The second-order valence-corrected chi connectivity index (χ2v) is 4.44. The number of esters is 1. The fourth-order valence-electron chi connectivity index (χ4n) is 1.38. The Kier molecular flexibility index (Phi) is 4.95. The normalized spacial score (nSPS) is 11.7. The summed E-state index contributed by atoms with van der Waals surface area (Å²) in [6.45, 7) is 8.23. The Morgan fingerprint density at radius 3 is 2.35 bits per heavy atom. The van der Waals surface area contributed by atoms with E-state index in [1.165, 1.54) is 5.56 Å². The van der Waals surface area contributed by atoms with Crippen LogP contribution in [0.1, 0.15) is 44.7 Å². The third-order valence-electron chi connectivity index (χ3n) is 2.77. The molecule has 1 aromatic rings. The smallest absolute Gasteiger partial charge is 0.333 e. The number of benzene rings is 1. The summed E-state index contributed by atoms with van der Waals surface area (Å²) in [6.07, 6.45) is 1.75. The minimum absolute atomic E-state index is 0.250. The summed E-state index contributed by atoms with van der Waals surface area (Å²) in [7, 11) is 0. The van der Waals surface area contributed by atoms with E-state index in [2.05, 4.69) is 26.0 Å². The van der Waals surface area contributed by atoms with Gasteiger partial charge in [-0.05, 0) is 30.9 Å². The van der Waals surface area contributed by atoms with Crippen molar-refractivity contribution in [3.8, 4) is 0 Å². The van der Waals surface area contributed by atoms with Crippen molar-refractivity contribution < 1.29 is 9.53 Å². The van der Waals surface area contributed by atoms with Gasteiger partial charge in [-0.3, -0.25) is 0 Å². The van der Waals surface area contributed by atoms with E-state index in [9.17, 15) is 4.79 Å². The lowest BCUT2D eigenvalue weighted by Gasteiger charge is -2.08. The van der Waals surface area contributed by atoms with Crippen LogP contribution in [0.4, 0.5) is 0 Å². The third kappa shape index (κ3) is 4.06. The van der Waals surface area contributed by atoms with E-state index in [0.717, 1.165) is 5.56 Å². The summed E-state index contributed by atoms with van der Waals surface area (Å²) in [5.41, 5.74) is 2.96. The molecule has 0 radical (unpaired) electrons. The molecule has 0 unspecified atom stereocenters. The number of rotatable bonds is 4. The highest BCUT2D eigenvalue weighted by atomic mass is 16.5. The lowest BCUT2D eigenvalue weighted by molar-refractivity contribution is -0.140. The Bertz CT molecular complexity index is 399. The van der Waals surface area contributed by atoms with Crippen LogP contribution in [0.25, 0.3) is 0 Å². The molecule has 1 aromatic carbocycles. The van der Waals surface area contributed by atoms with Crippen LogP contribution in [0.3, 0.4) is 0 Å².